The van der Waals surface area contributed by atoms with Gasteiger partial charge in [0.1, 0.15) is 4.90 Å². The molecule has 5 nitrogen and oxygen atoms in total. The average molecular weight is 175 g/mol. The molecule has 6 heteroatoms. The highest BCUT2D eigenvalue weighted by Crippen LogP contribution is 2.05. The van der Waals surface area contributed by atoms with E-state index in [9.17, 15) is 8.42 Å². The molecule has 0 spiro atoms. The molecule has 0 bridgehead atoms. The van der Waals surface area contributed by atoms with Crippen LogP contribution in [0.5, 0.6) is 0 Å². The molecule has 0 atom stereocenters. The minimum Gasteiger partial charge on any atom is -0.356 e. The van der Waals surface area contributed by atoms with Crippen LogP contribution in [0.2, 0.25) is 0 Å². The van der Waals surface area contributed by atoms with Crippen molar-refractivity contribution in [1.29, 1.82) is 0 Å². The van der Waals surface area contributed by atoms with E-state index >= 15 is 0 Å². The molecule has 0 fully saturated rings. The number of aromatic nitrogens is 1. The Labute approximate surface area is 64.8 Å². The summed E-state index contributed by atoms with van der Waals surface area (Å²) in [5.41, 5.74) is 0. The van der Waals surface area contributed by atoms with Gasteiger partial charge in [-0.15, -0.1) is 0 Å². The molecule has 0 aliphatic carbocycles. The lowest BCUT2D eigenvalue weighted by Crippen LogP contribution is -2.29. The van der Waals surface area contributed by atoms with Crippen molar-refractivity contribution in [3.8, 4) is 0 Å². The smallest absolute Gasteiger partial charge is 0.254 e. The molecule has 0 aliphatic heterocycles. The largest absolute Gasteiger partial charge is 0.356 e. The summed E-state index contributed by atoms with van der Waals surface area (Å²) in [6, 6.07) is 1.47. The van der Waals surface area contributed by atoms with E-state index in [1.165, 1.54) is 12.3 Å². The van der Waals surface area contributed by atoms with Crippen LogP contribution >= 0.6 is 0 Å². The fourth-order valence-corrected chi connectivity index (χ4v) is 1.39. The van der Waals surface area contributed by atoms with Crippen molar-refractivity contribution in [3.63, 3.8) is 0 Å². The fourth-order valence-electron chi connectivity index (χ4n) is 0.705. The van der Waals surface area contributed by atoms with Crippen LogP contribution in [0.25, 0.3) is 0 Å². The Morgan fingerprint density at radius 2 is 2.27 bits per heavy atom. The van der Waals surface area contributed by atoms with E-state index in [1.54, 1.807) is 22.6 Å². The summed E-state index contributed by atoms with van der Waals surface area (Å²) >= 11 is 0. The molecule has 0 radical (unpaired) electrons. The highest BCUT2D eigenvalue weighted by Gasteiger charge is 2.11. The second-order valence-corrected chi connectivity index (χ2v) is 3.85. The Bertz CT molecular complexity index is 340. The van der Waals surface area contributed by atoms with E-state index in [0.29, 0.717) is 0 Å². The number of hydrazine groups is 1. The zero-order chi connectivity index (χ0) is 8.48. The Kier molecular flexibility index (Phi) is 1.99. The van der Waals surface area contributed by atoms with Crippen LogP contribution in [0.4, 0.5) is 0 Å². The van der Waals surface area contributed by atoms with Crippen molar-refractivity contribution in [2.45, 2.75) is 4.90 Å². The van der Waals surface area contributed by atoms with Crippen LogP contribution in [0.15, 0.2) is 23.4 Å². The maximum Gasteiger partial charge on any atom is 0.254 e. The number of nitrogens with two attached hydrogens (primary N) is 1. The topological polar surface area (TPSA) is 77.1 Å². The fraction of sp³-hybridized carbons (Fsp3) is 0.200. The van der Waals surface area contributed by atoms with Crippen LogP contribution in [0, 0.1) is 0 Å². The molecular formula is C5H9N3O2S. The minimum atomic E-state index is -3.47. The zero-order valence-corrected chi connectivity index (χ0v) is 6.80. The predicted molar refractivity (Wildman–Crippen MR) is 39.9 cm³/mol. The van der Waals surface area contributed by atoms with Crippen LogP contribution in [0.3, 0.4) is 0 Å². The van der Waals surface area contributed by atoms with Gasteiger partial charge >= 0.3 is 0 Å². The summed E-state index contributed by atoms with van der Waals surface area (Å²) < 4.78 is 23.6. The number of aryl methyl sites for hydroxylation is 1. The van der Waals surface area contributed by atoms with Crippen LogP contribution in [0.1, 0.15) is 0 Å². The molecular weight excluding hydrogens is 166 g/mol. The zero-order valence-electron chi connectivity index (χ0n) is 5.98. The normalized spacial score (nSPS) is 11.8. The van der Waals surface area contributed by atoms with Crippen molar-refractivity contribution >= 4 is 10.0 Å². The van der Waals surface area contributed by atoms with Crippen molar-refractivity contribution < 1.29 is 8.42 Å². The maximum atomic E-state index is 11.0. The van der Waals surface area contributed by atoms with Gasteiger partial charge in [-0.2, -0.15) is 4.83 Å². The number of nitrogens with one attached hydrogen (secondary N) is 1. The summed E-state index contributed by atoms with van der Waals surface area (Å²) in [7, 11) is -1.74. The van der Waals surface area contributed by atoms with Crippen LogP contribution < -0.4 is 10.7 Å². The summed E-state index contributed by atoms with van der Waals surface area (Å²) in [4.78, 5) is 1.90. The van der Waals surface area contributed by atoms with Gasteiger partial charge in [0.05, 0.1) is 0 Å². The number of rotatable bonds is 2. The Balaban J connectivity index is 3.13. The molecule has 0 unspecified atom stereocenters. The van der Waals surface area contributed by atoms with Crippen molar-refractivity contribution in [2.24, 2.45) is 12.9 Å². The third kappa shape index (κ3) is 1.59. The quantitative estimate of drug-likeness (QED) is 0.455. The van der Waals surface area contributed by atoms with Gasteiger partial charge < -0.3 is 4.57 Å². The molecule has 1 heterocycles. The molecule has 0 saturated carbocycles. The Morgan fingerprint density at radius 3 is 2.64 bits per heavy atom. The first kappa shape index (κ1) is 8.25. The van der Waals surface area contributed by atoms with Crippen LogP contribution in [-0.4, -0.2) is 13.0 Å². The van der Waals surface area contributed by atoms with E-state index in [-0.39, 0.29) is 4.90 Å². The molecule has 0 aromatic carbocycles. The Hall–Kier alpha value is -0.850. The highest BCUT2D eigenvalue weighted by molar-refractivity contribution is 7.89. The minimum absolute atomic E-state index is 0.169. The lowest BCUT2D eigenvalue weighted by Gasteiger charge is -1.95. The van der Waals surface area contributed by atoms with Gasteiger partial charge in [-0.3, -0.25) is 5.84 Å². The van der Waals surface area contributed by atoms with Gasteiger partial charge in [-0.05, 0) is 6.07 Å². The van der Waals surface area contributed by atoms with Gasteiger partial charge in [0.15, 0.2) is 0 Å². The molecule has 1 rings (SSSR count). The predicted octanol–water partition coefficient (Wildman–Crippen LogP) is -0.823. The average Bonchev–Trinajstić information content (AvgIpc) is 2.36. The molecule has 3 N–H and O–H groups in total. The van der Waals surface area contributed by atoms with Crippen molar-refractivity contribution in [2.75, 3.05) is 0 Å². The monoisotopic (exact) mass is 175 g/mol. The van der Waals surface area contributed by atoms with E-state index in [2.05, 4.69) is 0 Å². The molecule has 62 valence electrons. The number of sulfonamides is 1. The van der Waals surface area contributed by atoms with Gasteiger partial charge in [0, 0.05) is 19.4 Å². The van der Waals surface area contributed by atoms with Crippen LogP contribution in [-0.2, 0) is 17.1 Å². The highest BCUT2D eigenvalue weighted by atomic mass is 32.2. The molecule has 11 heavy (non-hydrogen) atoms. The van der Waals surface area contributed by atoms with Crippen molar-refractivity contribution in [1.82, 2.24) is 9.40 Å². The lowest BCUT2D eigenvalue weighted by molar-refractivity contribution is 0.584. The molecule has 0 amide bonds. The maximum absolute atomic E-state index is 11.0. The lowest BCUT2D eigenvalue weighted by atomic mass is 10.7. The SMILES string of the molecule is Cn1ccc(S(=O)(=O)NN)c1. The van der Waals surface area contributed by atoms with Gasteiger partial charge in [0.25, 0.3) is 10.0 Å². The molecule has 0 aliphatic rings. The first-order chi connectivity index (χ1) is 5.06. The van der Waals surface area contributed by atoms with Gasteiger partial charge in [-0.1, -0.05) is 0 Å². The number of hydrogen-bond acceptors (Lipinski definition) is 3. The van der Waals surface area contributed by atoms with E-state index in [4.69, 9.17) is 5.84 Å². The van der Waals surface area contributed by atoms with E-state index < -0.39 is 10.0 Å². The number of nitrogens with zero attached hydrogens (tertiary/aromatic N) is 1. The first-order valence-corrected chi connectivity index (χ1v) is 4.39. The number of hydrogen-bond donors (Lipinski definition) is 2. The molecule has 0 saturated heterocycles. The second-order valence-electron chi connectivity index (χ2n) is 2.13. The summed E-state index contributed by atoms with van der Waals surface area (Å²) in [6.45, 7) is 0. The van der Waals surface area contributed by atoms with Gasteiger partial charge in [-0.25, -0.2) is 8.42 Å². The van der Waals surface area contributed by atoms with Gasteiger partial charge in [0.2, 0.25) is 0 Å². The first-order valence-electron chi connectivity index (χ1n) is 2.90. The van der Waals surface area contributed by atoms with Crippen molar-refractivity contribution in [3.05, 3.63) is 18.5 Å². The molecule has 1 aromatic rings. The summed E-state index contributed by atoms with van der Waals surface area (Å²) in [5, 5.41) is 0. The Morgan fingerprint density at radius 1 is 1.64 bits per heavy atom. The standard InChI is InChI=1S/C5H9N3O2S/c1-8-3-2-5(4-8)11(9,10)7-6/h2-4,7H,6H2,1H3. The summed E-state index contributed by atoms with van der Waals surface area (Å²) in [5.74, 6) is 4.80. The molecule has 1 aromatic heterocycles. The van der Waals surface area contributed by atoms with E-state index in [0.717, 1.165) is 0 Å². The third-order valence-electron chi connectivity index (χ3n) is 1.27. The third-order valence-corrected chi connectivity index (χ3v) is 2.44. The second kappa shape index (κ2) is 2.65. The van der Waals surface area contributed by atoms with E-state index in [1.807, 2.05) is 0 Å². The summed E-state index contributed by atoms with van der Waals surface area (Å²) in [6.07, 6.45) is 3.10.